The van der Waals surface area contributed by atoms with Crippen molar-refractivity contribution >= 4 is 11.5 Å². The van der Waals surface area contributed by atoms with Gasteiger partial charge in [-0.25, -0.2) is 9.37 Å². The van der Waals surface area contributed by atoms with Crippen LogP contribution in [0.2, 0.25) is 0 Å². The molecule has 3 aromatic rings. The van der Waals surface area contributed by atoms with E-state index in [4.69, 9.17) is 0 Å². The van der Waals surface area contributed by atoms with Gasteiger partial charge in [0.2, 0.25) is 0 Å². The SMILES string of the molecule is CCCCCCNc1cc(C)nc2c(-c3ccc(F)cc3)cnn12. The molecule has 4 nitrogen and oxygen atoms in total. The van der Waals surface area contributed by atoms with E-state index in [2.05, 4.69) is 22.3 Å². The first-order chi connectivity index (χ1) is 11.7. The second-order valence-corrected chi connectivity index (χ2v) is 6.07. The van der Waals surface area contributed by atoms with Crippen LogP contribution in [0.25, 0.3) is 16.8 Å². The monoisotopic (exact) mass is 326 g/mol. The van der Waals surface area contributed by atoms with Gasteiger partial charge in [-0.1, -0.05) is 38.3 Å². The molecule has 0 radical (unpaired) electrons. The Kier molecular flexibility index (Phi) is 5.08. The molecule has 24 heavy (non-hydrogen) atoms. The van der Waals surface area contributed by atoms with Crippen molar-refractivity contribution in [2.45, 2.75) is 39.5 Å². The molecule has 0 atom stereocenters. The summed E-state index contributed by atoms with van der Waals surface area (Å²) in [7, 11) is 0. The third-order valence-electron chi connectivity index (χ3n) is 4.09. The lowest BCUT2D eigenvalue weighted by atomic mass is 10.1. The van der Waals surface area contributed by atoms with Crippen LogP contribution < -0.4 is 5.32 Å². The van der Waals surface area contributed by atoms with Crippen molar-refractivity contribution in [1.82, 2.24) is 14.6 Å². The molecule has 0 saturated carbocycles. The van der Waals surface area contributed by atoms with Crippen LogP contribution in [0.15, 0.2) is 36.5 Å². The van der Waals surface area contributed by atoms with Crippen LogP contribution in [0, 0.1) is 12.7 Å². The van der Waals surface area contributed by atoms with Gasteiger partial charge >= 0.3 is 0 Å². The number of aromatic nitrogens is 3. The zero-order valence-corrected chi connectivity index (χ0v) is 14.2. The molecule has 0 amide bonds. The maximum Gasteiger partial charge on any atom is 0.165 e. The molecule has 0 bridgehead atoms. The largest absolute Gasteiger partial charge is 0.370 e. The summed E-state index contributed by atoms with van der Waals surface area (Å²) in [4.78, 5) is 4.62. The van der Waals surface area contributed by atoms with Crippen molar-refractivity contribution in [1.29, 1.82) is 0 Å². The summed E-state index contributed by atoms with van der Waals surface area (Å²) in [5, 5.41) is 7.93. The highest BCUT2D eigenvalue weighted by Crippen LogP contribution is 2.26. The van der Waals surface area contributed by atoms with E-state index in [1.54, 1.807) is 18.3 Å². The van der Waals surface area contributed by atoms with Gasteiger partial charge in [0.1, 0.15) is 11.6 Å². The molecule has 126 valence electrons. The van der Waals surface area contributed by atoms with Crippen LogP contribution in [0.1, 0.15) is 38.3 Å². The van der Waals surface area contributed by atoms with Crippen molar-refractivity contribution in [3.8, 4) is 11.1 Å². The number of aryl methyl sites for hydroxylation is 1. The third-order valence-corrected chi connectivity index (χ3v) is 4.09. The van der Waals surface area contributed by atoms with Crippen LogP contribution in [-0.4, -0.2) is 21.1 Å². The molecule has 0 aliphatic heterocycles. The lowest BCUT2D eigenvalue weighted by Crippen LogP contribution is -2.08. The molecule has 2 aromatic heterocycles. The van der Waals surface area contributed by atoms with Crippen molar-refractivity contribution < 1.29 is 4.39 Å². The number of nitrogens with one attached hydrogen (secondary N) is 1. The van der Waals surface area contributed by atoms with E-state index in [1.807, 2.05) is 17.5 Å². The van der Waals surface area contributed by atoms with Gasteiger partial charge in [0.25, 0.3) is 0 Å². The van der Waals surface area contributed by atoms with Crippen LogP contribution in [0.5, 0.6) is 0 Å². The highest BCUT2D eigenvalue weighted by Gasteiger charge is 2.12. The van der Waals surface area contributed by atoms with Gasteiger partial charge in [-0.05, 0) is 31.0 Å². The minimum atomic E-state index is -0.242. The highest BCUT2D eigenvalue weighted by atomic mass is 19.1. The van der Waals surface area contributed by atoms with Gasteiger partial charge < -0.3 is 5.32 Å². The average Bonchev–Trinajstić information content (AvgIpc) is 2.99. The summed E-state index contributed by atoms with van der Waals surface area (Å²) < 4.78 is 15.0. The molecule has 2 heterocycles. The van der Waals surface area contributed by atoms with Gasteiger partial charge in [-0.2, -0.15) is 9.61 Å². The maximum absolute atomic E-state index is 13.2. The molecule has 0 fully saturated rings. The fourth-order valence-corrected chi connectivity index (χ4v) is 2.81. The Balaban J connectivity index is 1.88. The fraction of sp³-hybridized carbons (Fsp3) is 0.368. The van der Waals surface area contributed by atoms with Gasteiger partial charge in [0.15, 0.2) is 5.65 Å². The Morgan fingerprint density at radius 2 is 1.92 bits per heavy atom. The van der Waals surface area contributed by atoms with E-state index in [-0.39, 0.29) is 5.82 Å². The molecule has 1 N–H and O–H groups in total. The molecule has 5 heteroatoms. The average molecular weight is 326 g/mol. The Morgan fingerprint density at radius 3 is 2.67 bits per heavy atom. The van der Waals surface area contributed by atoms with Crippen molar-refractivity contribution in [2.24, 2.45) is 0 Å². The smallest absolute Gasteiger partial charge is 0.165 e. The number of unbranched alkanes of at least 4 members (excludes halogenated alkanes) is 3. The Bertz CT molecular complexity index is 808. The van der Waals surface area contributed by atoms with Gasteiger partial charge in [0.05, 0.1) is 6.20 Å². The van der Waals surface area contributed by atoms with Crippen molar-refractivity contribution in [2.75, 3.05) is 11.9 Å². The number of hydrogen-bond acceptors (Lipinski definition) is 3. The number of fused-ring (bicyclic) bond motifs is 1. The molecule has 0 aliphatic rings. The Labute approximate surface area is 141 Å². The lowest BCUT2D eigenvalue weighted by Gasteiger charge is -2.09. The standard InChI is InChI=1S/C19H23FN4/c1-3-4-5-6-11-21-18-12-14(2)23-19-17(13-22-24(18)19)15-7-9-16(20)10-8-15/h7-10,12-13,21H,3-6,11H2,1-2H3. The van der Waals surface area contributed by atoms with E-state index in [0.29, 0.717) is 0 Å². The summed E-state index contributed by atoms with van der Waals surface area (Å²) in [5.41, 5.74) is 3.55. The van der Waals surface area contributed by atoms with Crippen molar-refractivity contribution in [3.63, 3.8) is 0 Å². The number of hydrogen-bond donors (Lipinski definition) is 1. The second kappa shape index (κ2) is 7.43. The first-order valence-corrected chi connectivity index (χ1v) is 8.54. The van der Waals surface area contributed by atoms with E-state index >= 15 is 0 Å². The van der Waals surface area contributed by atoms with E-state index in [9.17, 15) is 4.39 Å². The molecular weight excluding hydrogens is 303 g/mol. The van der Waals surface area contributed by atoms with Crippen molar-refractivity contribution in [3.05, 3.63) is 48.0 Å². The number of halogens is 1. The minimum absolute atomic E-state index is 0.242. The summed E-state index contributed by atoms with van der Waals surface area (Å²) >= 11 is 0. The van der Waals surface area contributed by atoms with Gasteiger partial charge in [0, 0.05) is 23.9 Å². The van der Waals surface area contributed by atoms with Crippen LogP contribution in [0.3, 0.4) is 0 Å². The molecule has 0 aliphatic carbocycles. The minimum Gasteiger partial charge on any atom is -0.370 e. The molecular formula is C19H23FN4. The maximum atomic E-state index is 13.2. The summed E-state index contributed by atoms with van der Waals surface area (Å²) in [6, 6.07) is 8.44. The number of benzene rings is 1. The molecule has 3 rings (SSSR count). The molecule has 0 unspecified atom stereocenters. The van der Waals surface area contributed by atoms with E-state index in [0.717, 1.165) is 41.3 Å². The highest BCUT2D eigenvalue weighted by molar-refractivity contribution is 5.78. The zero-order chi connectivity index (χ0) is 16.9. The number of anilines is 1. The molecule has 0 saturated heterocycles. The first kappa shape index (κ1) is 16.4. The summed E-state index contributed by atoms with van der Waals surface area (Å²) in [6.45, 7) is 5.11. The number of rotatable bonds is 7. The quantitative estimate of drug-likeness (QED) is 0.632. The van der Waals surface area contributed by atoms with Crippen LogP contribution in [0.4, 0.5) is 10.2 Å². The van der Waals surface area contributed by atoms with Gasteiger partial charge in [-0.15, -0.1) is 0 Å². The predicted octanol–water partition coefficient (Wildman–Crippen LogP) is 4.84. The molecule has 0 spiro atoms. The normalized spacial score (nSPS) is 11.1. The third kappa shape index (κ3) is 3.55. The van der Waals surface area contributed by atoms with Crippen LogP contribution >= 0.6 is 0 Å². The predicted molar refractivity (Wildman–Crippen MR) is 95.7 cm³/mol. The first-order valence-electron chi connectivity index (χ1n) is 8.54. The second-order valence-electron chi connectivity index (χ2n) is 6.07. The van der Waals surface area contributed by atoms with Crippen LogP contribution in [-0.2, 0) is 0 Å². The lowest BCUT2D eigenvalue weighted by molar-refractivity contribution is 0.628. The number of nitrogens with zero attached hydrogens (tertiary/aromatic N) is 3. The fourth-order valence-electron chi connectivity index (χ4n) is 2.81. The topological polar surface area (TPSA) is 42.2 Å². The van der Waals surface area contributed by atoms with E-state index < -0.39 is 0 Å². The zero-order valence-electron chi connectivity index (χ0n) is 14.2. The summed E-state index contributed by atoms with van der Waals surface area (Å²) in [6.07, 6.45) is 6.67. The Morgan fingerprint density at radius 1 is 1.12 bits per heavy atom. The van der Waals surface area contributed by atoms with Gasteiger partial charge in [-0.3, -0.25) is 0 Å². The molecule has 1 aromatic carbocycles. The Hall–Kier alpha value is -2.43. The summed E-state index contributed by atoms with van der Waals surface area (Å²) in [5.74, 6) is 0.705. The van der Waals surface area contributed by atoms with E-state index in [1.165, 1.54) is 31.4 Å².